The van der Waals surface area contributed by atoms with Gasteiger partial charge in [-0.05, 0) is 24.3 Å². The van der Waals surface area contributed by atoms with Gasteiger partial charge >= 0.3 is 0 Å². The molecule has 1 aliphatic heterocycles. The van der Waals surface area contributed by atoms with Crippen LogP contribution in [-0.2, 0) is 4.79 Å². The molecule has 3 aromatic heterocycles. The highest BCUT2D eigenvalue weighted by molar-refractivity contribution is 7.07. The summed E-state index contributed by atoms with van der Waals surface area (Å²) in [5, 5.41) is 0. The first-order chi connectivity index (χ1) is 16.0. The number of rotatable bonds is 5. The number of hydrogen-bond acceptors (Lipinski definition) is 7. The molecular weight excluding hydrogens is 442 g/mol. The van der Waals surface area contributed by atoms with Gasteiger partial charge in [0, 0.05) is 11.6 Å². The number of benzene rings is 1. The number of carbonyl (C=O) groups is 2. The Balaban J connectivity index is 1.87. The zero-order valence-corrected chi connectivity index (χ0v) is 17.9. The fourth-order valence-electron chi connectivity index (χ4n) is 3.90. The van der Waals surface area contributed by atoms with Crippen LogP contribution in [0.3, 0.4) is 0 Å². The number of Topliss-reactive ketones (excluding diaryl/α,β-unsaturated/α-hetero) is 1. The lowest BCUT2D eigenvalue weighted by atomic mass is 9.83. The predicted octanol–water partition coefficient (Wildman–Crippen LogP) is 1.37. The van der Waals surface area contributed by atoms with Crippen molar-refractivity contribution in [1.29, 1.82) is 0 Å². The summed E-state index contributed by atoms with van der Waals surface area (Å²) < 4.78 is 12.6. The minimum absolute atomic E-state index is 0.0434. The van der Waals surface area contributed by atoms with Crippen LogP contribution < -0.4 is 26.2 Å². The maximum absolute atomic E-state index is 13.6. The highest BCUT2D eigenvalue weighted by Gasteiger charge is 2.39. The number of furan rings is 2. The van der Waals surface area contributed by atoms with Gasteiger partial charge in [0.1, 0.15) is 22.0 Å². The summed E-state index contributed by atoms with van der Waals surface area (Å²) in [5.41, 5.74) is 12.2. The standard InChI is InChI=1S/C24H17N3O5S/c25-21-18(20(28)13-6-2-1-3-7-13)17(15-9-5-11-32-15)19(22(26)29)24-27(21)23(30)16(33-24)12-14-8-4-10-31-14/h1-12,17H,25H2,(H2,26,29)/b16-12-. The minimum Gasteiger partial charge on any atom is -0.468 e. The summed E-state index contributed by atoms with van der Waals surface area (Å²) in [4.78, 5) is 39.6. The minimum atomic E-state index is -0.972. The molecule has 164 valence electrons. The second kappa shape index (κ2) is 7.95. The molecule has 1 aromatic carbocycles. The van der Waals surface area contributed by atoms with E-state index in [1.807, 2.05) is 0 Å². The molecule has 1 aliphatic rings. The molecule has 0 saturated carbocycles. The third kappa shape index (κ3) is 3.35. The maximum Gasteiger partial charge on any atom is 0.274 e. The molecule has 9 heteroatoms. The Morgan fingerprint density at radius 1 is 0.970 bits per heavy atom. The Morgan fingerprint density at radius 2 is 1.70 bits per heavy atom. The fourth-order valence-corrected chi connectivity index (χ4v) is 5.06. The van der Waals surface area contributed by atoms with Crippen molar-refractivity contribution in [3.63, 3.8) is 0 Å². The molecule has 1 amide bonds. The molecular formula is C24H17N3O5S. The molecule has 4 N–H and O–H groups in total. The topological polar surface area (TPSA) is 134 Å². The van der Waals surface area contributed by atoms with Gasteiger partial charge in [-0.1, -0.05) is 30.3 Å². The smallest absolute Gasteiger partial charge is 0.274 e. The van der Waals surface area contributed by atoms with E-state index in [0.717, 1.165) is 15.9 Å². The van der Waals surface area contributed by atoms with E-state index in [1.165, 1.54) is 12.5 Å². The summed E-state index contributed by atoms with van der Waals surface area (Å²) in [7, 11) is 0. The number of carbonyl (C=O) groups excluding carboxylic acids is 2. The van der Waals surface area contributed by atoms with Gasteiger partial charge in [0.25, 0.3) is 5.56 Å². The lowest BCUT2D eigenvalue weighted by Crippen LogP contribution is -2.42. The summed E-state index contributed by atoms with van der Waals surface area (Å²) in [5.74, 6) is -1.51. The maximum atomic E-state index is 13.6. The van der Waals surface area contributed by atoms with Crippen LogP contribution >= 0.6 is 11.3 Å². The van der Waals surface area contributed by atoms with Gasteiger partial charge in [0.05, 0.1) is 34.1 Å². The molecule has 0 aliphatic carbocycles. The fraction of sp³-hybridized carbons (Fsp3) is 0.0417. The molecule has 33 heavy (non-hydrogen) atoms. The van der Waals surface area contributed by atoms with Gasteiger partial charge in [-0.2, -0.15) is 0 Å². The van der Waals surface area contributed by atoms with Crippen LogP contribution in [0.15, 0.2) is 86.3 Å². The number of fused-ring (bicyclic) bond motifs is 1. The Bertz CT molecular complexity index is 1570. The molecule has 0 spiro atoms. The number of hydrogen-bond donors (Lipinski definition) is 2. The van der Waals surface area contributed by atoms with Gasteiger partial charge < -0.3 is 20.3 Å². The van der Waals surface area contributed by atoms with Crippen LogP contribution in [0.1, 0.15) is 27.8 Å². The van der Waals surface area contributed by atoms with E-state index in [4.69, 9.17) is 20.3 Å². The number of allylic oxidation sites excluding steroid dienone is 1. The molecule has 4 aromatic rings. The summed E-state index contributed by atoms with van der Waals surface area (Å²) in [6, 6.07) is 15.1. The van der Waals surface area contributed by atoms with Gasteiger partial charge in [0.15, 0.2) is 5.78 Å². The first-order valence-electron chi connectivity index (χ1n) is 9.91. The Hall–Kier alpha value is -4.37. The van der Waals surface area contributed by atoms with Crippen molar-refractivity contribution in [2.75, 3.05) is 0 Å². The van der Waals surface area contributed by atoms with Crippen molar-refractivity contribution in [2.24, 2.45) is 11.5 Å². The third-order valence-electron chi connectivity index (χ3n) is 5.34. The third-order valence-corrected chi connectivity index (χ3v) is 6.45. The molecule has 5 rings (SSSR count). The second-order valence-corrected chi connectivity index (χ2v) is 8.32. The van der Waals surface area contributed by atoms with Gasteiger partial charge in [-0.3, -0.25) is 19.0 Å². The molecule has 8 nitrogen and oxygen atoms in total. The Labute approximate surface area is 190 Å². The van der Waals surface area contributed by atoms with Gasteiger partial charge in [-0.15, -0.1) is 11.3 Å². The lowest BCUT2D eigenvalue weighted by Gasteiger charge is -2.25. The molecule has 0 radical (unpaired) electrons. The number of amides is 1. The van der Waals surface area contributed by atoms with E-state index in [9.17, 15) is 14.4 Å². The van der Waals surface area contributed by atoms with E-state index in [-0.39, 0.29) is 26.2 Å². The van der Waals surface area contributed by atoms with Crippen LogP contribution in [0.2, 0.25) is 0 Å². The molecule has 0 fully saturated rings. The molecule has 4 heterocycles. The van der Waals surface area contributed by atoms with Gasteiger partial charge in [-0.25, -0.2) is 0 Å². The lowest BCUT2D eigenvalue weighted by molar-refractivity contribution is -0.113. The Kier molecular flexibility index (Phi) is 4.95. The van der Waals surface area contributed by atoms with E-state index in [2.05, 4.69) is 0 Å². The second-order valence-electron chi connectivity index (χ2n) is 7.29. The van der Waals surface area contributed by atoms with Gasteiger partial charge in [0.2, 0.25) is 5.91 Å². The zero-order chi connectivity index (χ0) is 23.1. The van der Waals surface area contributed by atoms with Crippen molar-refractivity contribution in [1.82, 2.24) is 4.57 Å². The van der Waals surface area contributed by atoms with Crippen molar-refractivity contribution in [3.05, 3.63) is 109 Å². The quantitative estimate of drug-likeness (QED) is 0.433. The highest BCUT2D eigenvalue weighted by Crippen LogP contribution is 2.38. The number of nitrogens with two attached hydrogens (primary N) is 2. The van der Waals surface area contributed by atoms with E-state index in [0.29, 0.717) is 17.1 Å². The van der Waals surface area contributed by atoms with Crippen LogP contribution in [0.5, 0.6) is 0 Å². The first-order valence-corrected chi connectivity index (χ1v) is 10.7. The van der Waals surface area contributed by atoms with Crippen LogP contribution in [0.25, 0.3) is 17.5 Å². The average molecular weight is 459 g/mol. The molecule has 1 atom stereocenters. The van der Waals surface area contributed by atoms with Crippen LogP contribution in [0.4, 0.5) is 0 Å². The molecule has 1 unspecified atom stereocenters. The number of primary amides is 1. The largest absolute Gasteiger partial charge is 0.468 e. The Morgan fingerprint density at radius 3 is 2.33 bits per heavy atom. The summed E-state index contributed by atoms with van der Waals surface area (Å²) in [6.45, 7) is 0. The monoisotopic (exact) mass is 459 g/mol. The zero-order valence-electron chi connectivity index (χ0n) is 17.1. The van der Waals surface area contributed by atoms with E-state index in [1.54, 1.807) is 60.7 Å². The number of ketones is 1. The number of thiazole rings is 1. The normalized spacial score (nSPS) is 16.2. The molecule has 0 bridgehead atoms. The highest BCUT2D eigenvalue weighted by atomic mass is 32.1. The predicted molar refractivity (Wildman–Crippen MR) is 122 cm³/mol. The summed E-state index contributed by atoms with van der Waals surface area (Å²) in [6.07, 6.45) is 4.46. The van der Waals surface area contributed by atoms with E-state index < -0.39 is 23.2 Å². The molecule has 0 saturated heterocycles. The van der Waals surface area contributed by atoms with Crippen molar-refractivity contribution in [2.45, 2.75) is 5.92 Å². The van der Waals surface area contributed by atoms with Crippen LogP contribution in [-0.4, -0.2) is 16.3 Å². The van der Waals surface area contributed by atoms with Crippen molar-refractivity contribution in [3.8, 4) is 0 Å². The number of aromatic nitrogens is 1. The van der Waals surface area contributed by atoms with Crippen molar-refractivity contribution < 1.29 is 18.4 Å². The van der Waals surface area contributed by atoms with Crippen LogP contribution in [0, 0.1) is 0 Å². The van der Waals surface area contributed by atoms with Crippen molar-refractivity contribution >= 4 is 40.5 Å². The SMILES string of the molecule is NC(=O)C1=c2s/c(=C\c3ccco3)c(=O)n2C(N)=C(C(=O)c2ccccc2)C1c1ccco1. The number of nitrogens with zero attached hydrogens (tertiary/aromatic N) is 1. The first kappa shape index (κ1) is 20.5. The van der Waals surface area contributed by atoms with E-state index >= 15 is 0 Å². The average Bonchev–Trinajstić information content (AvgIpc) is 3.57. The summed E-state index contributed by atoms with van der Waals surface area (Å²) >= 11 is 1.04.